The number of hydrogen-bond acceptors (Lipinski definition) is 8. The van der Waals surface area contributed by atoms with Crippen LogP contribution < -0.4 is 9.47 Å². The van der Waals surface area contributed by atoms with Crippen molar-refractivity contribution in [1.82, 2.24) is 0 Å². The summed E-state index contributed by atoms with van der Waals surface area (Å²) < 4.78 is 40.7. The van der Waals surface area contributed by atoms with Gasteiger partial charge in [-0.1, -0.05) is 140 Å². The molecule has 1 fully saturated rings. The monoisotopic (exact) mass is 792 g/mol. The number of methoxy groups -OCH3 is 1. The number of rotatable bonds is 17. The molecule has 1 saturated heterocycles. The Morgan fingerprint density at radius 2 is 1.21 bits per heavy atom. The van der Waals surface area contributed by atoms with E-state index in [4.69, 9.17) is 28.4 Å². The van der Waals surface area contributed by atoms with E-state index in [1.165, 1.54) is 10.1 Å². The molecule has 4 unspecified atom stereocenters. The SMILES string of the molecule is COc1cc(OCc2ccccc2)c(C2(O)OC(COCc3ccccc3)CC(OCc3ccccc3)C2OCc2ccccc2)cc1Cc1cc2ccccc2s1. The second kappa shape index (κ2) is 19.0. The number of fused-ring (bicyclic) bond motifs is 1. The van der Waals surface area contributed by atoms with Crippen molar-refractivity contribution in [3.63, 3.8) is 0 Å². The lowest BCUT2D eigenvalue weighted by molar-refractivity contribution is -0.352. The van der Waals surface area contributed by atoms with Crippen LogP contribution in [0.5, 0.6) is 11.5 Å². The molecule has 296 valence electrons. The molecule has 58 heavy (non-hydrogen) atoms. The third-order valence-corrected chi connectivity index (χ3v) is 11.5. The first-order valence-electron chi connectivity index (χ1n) is 19.7. The van der Waals surface area contributed by atoms with Crippen molar-refractivity contribution in [1.29, 1.82) is 0 Å². The van der Waals surface area contributed by atoms with Crippen LogP contribution in [0.3, 0.4) is 0 Å². The van der Waals surface area contributed by atoms with Crippen molar-refractivity contribution in [3.8, 4) is 11.5 Å². The summed E-state index contributed by atoms with van der Waals surface area (Å²) in [6, 6.07) is 54.4. The van der Waals surface area contributed by atoms with E-state index in [9.17, 15) is 5.11 Å². The minimum absolute atomic E-state index is 0.221. The lowest BCUT2D eigenvalue weighted by atomic mass is 9.87. The first-order valence-corrected chi connectivity index (χ1v) is 20.5. The molecule has 2 heterocycles. The quantitative estimate of drug-likeness (QED) is 0.0984. The van der Waals surface area contributed by atoms with E-state index in [0.29, 0.717) is 43.1 Å². The maximum atomic E-state index is 13.5. The second-order valence-electron chi connectivity index (χ2n) is 14.6. The largest absolute Gasteiger partial charge is 0.496 e. The third-order valence-electron chi connectivity index (χ3n) is 10.4. The Hall–Kier alpha value is -5.32. The van der Waals surface area contributed by atoms with E-state index in [1.807, 2.05) is 133 Å². The molecular formula is C50H48O7S. The fourth-order valence-electron chi connectivity index (χ4n) is 7.50. The van der Waals surface area contributed by atoms with Gasteiger partial charge >= 0.3 is 0 Å². The lowest BCUT2D eigenvalue weighted by Crippen LogP contribution is -2.58. The van der Waals surface area contributed by atoms with Crippen LogP contribution in [-0.4, -0.2) is 37.1 Å². The summed E-state index contributed by atoms with van der Waals surface area (Å²) in [5.74, 6) is -0.975. The van der Waals surface area contributed by atoms with Crippen molar-refractivity contribution >= 4 is 21.4 Å². The number of hydrogen-bond donors (Lipinski definition) is 1. The zero-order chi connectivity index (χ0) is 39.6. The predicted molar refractivity (Wildman–Crippen MR) is 228 cm³/mol. The highest BCUT2D eigenvalue weighted by molar-refractivity contribution is 7.19. The topological polar surface area (TPSA) is 75.6 Å². The van der Waals surface area contributed by atoms with Crippen molar-refractivity contribution < 1.29 is 33.5 Å². The highest BCUT2D eigenvalue weighted by atomic mass is 32.1. The standard InChI is InChI=1S/C50H48O7S/c1-52-45-30-46(54-32-37-18-8-3-9-19-37)44(28-41(45)27-43-26-40-24-14-15-25-48(40)58-43)50(51)49(56-34-39-22-12-5-13-23-39)47(55-33-38-20-10-4-11-21-38)29-42(57-50)35-53-31-36-16-6-2-7-17-36/h2-26,28,30,42,47,49,51H,27,29,31-35H2,1H3. The van der Waals surface area contributed by atoms with Gasteiger partial charge in [-0.2, -0.15) is 0 Å². The summed E-state index contributed by atoms with van der Waals surface area (Å²) in [4.78, 5) is 1.16. The Kier molecular flexibility index (Phi) is 12.9. The molecule has 0 spiro atoms. The van der Waals surface area contributed by atoms with Gasteiger partial charge in [-0.3, -0.25) is 0 Å². The van der Waals surface area contributed by atoms with E-state index in [1.54, 1.807) is 18.4 Å². The molecule has 6 aromatic carbocycles. The molecule has 8 rings (SSSR count). The molecule has 0 saturated carbocycles. The summed E-state index contributed by atoms with van der Waals surface area (Å²) in [5.41, 5.74) is 5.30. The molecule has 7 aromatic rings. The van der Waals surface area contributed by atoms with Gasteiger partial charge in [-0.05, 0) is 45.8 Å². The number of aliphatic hydroxyl groups is 1. The smallest absolute Gasteiger partial charge is 0.226 e. The first-order chi connectivity index (χ1) is 28.5. The zero-order valence-electron chi connectivity index (χ0n) is 32.6. The van der Waals surface area contributed by atoms with Gasteiger partial charge in [0.15, 0.2) is 0 Å². The van der Waals surface area contributed by atoms with Crippen LogP contribution in [0.25, 0.3) is 10.1 Å². The molecule has 1 aromatic heterocycles. The van der Waals surface area contributed by atoms with Gasteiger partial charge < -0.3 is 33.5 Å². The molecule has 0 aliphatic carbocycles. The van der Waals surface area contributed by atoms with Crippen LogP contribution in [0.15, 0.2) is 164 Å². The van der Waals surface area contributed by atoms with Crippen LogP contribution in [0.4, 0.5) is 0 Å². The zero-order valence-corrected chi connectivity index (χ0v) is 33.4. The van der Waals surface area contributed by atoms with Crippen LogP contribution >= 0.6 is 11.3 Å². The molecule has 1 N–H and O–H groups in total. The van der Waals surface area contributed by atoms with Crippen molar-refractivity contribution in [2.75, 3.05) is 13.7 Å². The molecule has 4 atom stereocenters. The second-order valence-corrected chi connectivity index (χ2v) is 15.8. The molecule has 0 amide bonds. The van der Waals surface area contributed by atoms with Gasteiger partial charge in [0.25, 0.3) is 0 Å². The van der Waals surface area contributed by atoms with Crippen LogP contribution in [0, 0.1) is 0 Å². The van der Waals surface area contributed by atoms with Gasteiger partial charge in [0, 0.05) is 34.0 Å². The van der Waals surface area contributed by atoms with Crippen molar-refractivity contribution in [3.05, 3.63) is 202 Å². The van der Waals surface area contributed by atoms with Crippen molar-refractivity contribution in [2.24, 2.45) is 0 Å². The van der Waals surface area contributed by atoms with Gasteiger partial charge in [0.2, 0.25) is 5.79 Å². The van der Waals surface area contributed by atoms with E-state index < -0.39 is 24.1 Å². The van der Waals surface area contributed by atoms with Gasteiger partial charge in [-0.25, -0.2) is 0 Å². The fraction of sp³-hybridized carbons (Fsp3) is 0.240. The van der Waals surface area contributed by atoms with Gasteiger partial charge in [0.1, 0.15) is 24.2 Å². The summed E-state index contributed by atoms with van der Waals surface area (Å²) in [6.45, 7) is 1.43. The number of ether oxygens (including phenoxy) is 6. The van der Waals surface area contributed by atoms with E-state index >= 15 is 0 Å². The Balaban J connectivity index is 1.21. The molecule has 8 heteroatoms. The average Bonchev–Trinajstić information content (AvgIpc) is 3.68. The van der Waals surface area contributed by atoms with E-state index in [0.717, 1.165) is 32.7 Å². The van der Waals surface area contributed by atoms with Crippen molar-refractivity contribution in [2.45, 2.75) is 63.4 Å². The van der Waals surface area contributed by atoms with Crippen LogP contribution in [-0.2, 0) is 57.6 Å². The maximum Gasteiger partial charge on any atom is 0.226 e. The Morgan fingerprint density at radius 1 is 0.638 bits per heavy atom. The Labute approximate surface area is 344 Å². The number of benzene rings is 6. The van der Waals surface area contributed by atoms with E-state index in [2.05, 4.69) is 30.3 Å². The molecule has 0 radical (unpaired) electrons. The van der Waals surface area contributed by atoms with E-state index in [-0.39, 0.29) is 19.8 Å². The third kappa shape index (κ3) is 9.68. The number of thiophene rings is 1. The lowest BCUT2D eigenvalue weighted by Gasteiger charge is -2.47. The molecule has 1 aliphatic heterocycles. The molecule has 7 nitrogen and oxygen atoms in total. The maximum absolute atomic E-state index is 13.5. The summed E-state index contributed by atoms with van der Waals surface area (Å²) >= 11 is 1.74. The minimum Gasteiger partial charge on any atom is -0.496 e. The highest BCUT2D eigenvalue weighted by Gasteiger charge is 2.54. The fourth-order valence-corrected chi connectivity index (χ4v) is 8.59. The first kappa shape index (κ1) is 39.5. The Bertz CT molecular complexity index is 2300. The highest BCUT2D eigenvalue weighted by Crippen LogP contribution is 2.46. The van der Waals surface area contributed by atoms with Gasteiger partial charge in [0.05, 0.1) is 51.3 Å². The van der Waals surface area contributed by atoms with Crippen LogP contribution in [0.1, 0.15) is 44.7 Å². The molecular weight excluding hydrogens is 745 g/mol. The molecule has 0 bridgehead atoms. The Morgan fingerprint density at radius 3 is 1.83 bits per heavy atom. The van der Waals surface area contributed by atoms with Gasteiger partial charge in [-0.15, -0.1) is 11.3 Å². The predicted octanol–water partition coefficient (Wildman–Crippen LogP) is 10.4. The summed E-state index contributed by atoms with van der Waals surface area (Å²) in [7, 11) is 1.66. The molecule has 1 aliphatic rings. The normalized spacial score (nSPS) is 19.2. The summed E-state index contributed by atoms with van der Waals surface area (Å²) in [6.07, 6.45) is -1.12. The van der Waals surface area contributed by atoms with Crippen LogP contribution in [0.2, 0.25) is 0 Å². The summed E-state index contributed by atoms with van der Waals surface area (Å²) in [5, 5.41) is 14.7. The minimum atomic E-state index is -2.04. The average molecular weight is 793 g/mol.